The topological polar surface area (TPSA) is 64.6 Å². The summed E-state index contributed by atoms with van der Waals surface area (Å²) in [5, 5.41) is 3.31. The van der Waals surface area contributed by atoms with Crippen LogP contribution >= 0.6 is 0 Å². The summed E-state index contributed by atoms with van der Waals surface area (Å²) in [4.78, 5) is 23.4. The lowest BCUT2D eigenvalue weighted by atomic mass is 9.85. The van der Waals surface area contributed by atoms with Gasteiger partial charge in [0.25, 0.3) is 0 Å². The molecule has 1 heterocycles. The number of esters is 2. The normalized spacial score (nSPS) is 16.0. The second-order valence-electron chi connectivity index (χ2n) is 6.53. The Kier molecular flexibility index (Phi) is 6.04. The van der Waals surface area contributed by atoms with Crippen LogP contribution in [0.2, 0.25) is 0 Å². The molecule has 2 aromatic carbocycles. The van der Waals surface area contributed by atoms with Crippen molar-refractivity contribution in [2.45, 2.75) is 25.4 Å². The maximum Gasteiger partial charge on any atom is 0.331 e. The molecule has 1 fully saturated rings. The van der Waals surface area contributed by atoms with Gasteiger partial charge in [0, 0.05) is 25.8 Å². The second-order valence-corrected chi connectivity index (χ2v) is 6.53. The van der Waals surface area contributed by atoms with Crippen molar-refractivity contribution < 1.29 is 19.1 Å². The van der Waals surface area contributed by atoms with Crippen LogP contribution in [0.1, 0.15) is 30.9 Å². The third kappa shape index (κ3) is 5.05. The van der Waals surface area contributed by atoms with Gasteiger partial charge < -0.3 is 14.8 Å². The van der Waals surface area contributed by atoms with Gasteiger partial charge in [0.1, 0.15) is 11.4 Å². The van der Waals surface area contributed by atoms with Crippen LogP contribution in [0, 0.1) is 0 Å². The largest absolute Gasteiger partial charge is 0.451 e. The fraction of sp³-hybridized carbons (Fsp3) is 0.273. The molecule has 0 bridgehead atoms. The lowest BCUT2D eigenvalue weighted by Gasteiger charge is -2.37. The van der Waals surface area contributed by atoms with Crippen molar-refractivity contribution in [3.8, 4) is 5.75 Å². The Morgan fingerprint density at radius 3 is 2.30 bits per heavy atom. The van der Waals surface area contributed by atoms with E-state index in [4.69, 9.17) is 9.47 Å². The summed E-state index contributed by atoms with van der Waals surface area (Å²) in [6, 6.07) is 16.8. The van der Waals surface area contributed by atoms with Gasteiger partial charge in [-0.25, -0.2) is 4.79 Å². The van der Waals surface area contributed by atoms with Crippen LogP contribution in [0.15, 0.2) is 60.7 Å². The molecule has 140 valence electrons. The van der Waals surface area contributed by atoms with Crippen LogP contribution in [0.5, 0.6) is 5.75 Å². The molecular formula is C22H23NO4. The van der Waals surface area contributed by atoms with Crippen molar-refractivity contribution in [1.29, 1.82) is 0 Å². The van der Waals surface area contributed by atoms with E-state index in [-0.39, 0.29) is 11.9 Å². The molecule has 5 heteroatoms. The van der Waals surface area contributed by atoms with Gasteiger partial charge in [-0.3, -0.25) is 4.79 Å². The lowest BCUT2D eigenvalue weighted by Crippen LogP contribution is -2.42. The van der Waals surface area contributed by atoms with Crippen molar-refractivity contribution in [2.24, 2.45) is 0 Å². The summed E-state index contributed by atoms with van der Waals surface area (Å²) in [5.41, 5.74) is 1.26. The van der Waals surface area contributed by atoms with Crippen LogP contribution in [0.4, 0.5) is 0 Å². The van der Waals surface area contributed by atoms with E-state index >= 15 is 0 Å². The van der Waals surface area contributed by atoms with E-state index in [1.807, 2.05) is 30.3 Å². The predicted octanol–water partition coefficient (Wildman–Crippen LogP) is 3.45. The average Bonchev–Trinajstić information content (AvgIpc) is 2.68. The molecular weight excluding hydrogens is 342 g/mol. The molecule has 5 nitrogen and oxygen atoms in total. The summed E-state index contributed by atoms with van der Waals surface area (Å²) in [6.07, 6.45) is 4.62. The molecule has 1 aliphatic rings. The number of carbonyl (C=O) groups is 2. The SMILES string of the molecule is CC(=O)Oc1ccc(/C=C/C(=O)OC2(c3ccccc3)CCNCC2)cc1. The number of nitrogens with one attached hydrogen (secondary N) is 1. The van der Waals surface area contributed by atoms with Crippen molar-refractivity contribution in [3.63, 3.8) is 0 Å². The van der Waals surface area contributed by atoms with Crippen molar-refractivity contribution in [1.82, 2.24) is 5.32 Å². The zero-order chi connectivity index (χ0) is 19.1. The van der Waals surface area contributed by atoms with Crippen LogP contribution < -0.4 is 10.1 Å². The van der Waals surface area contributed by atoms with Gasteiger partial charge in [0.05, 0.1) is 0 Å². The first kappa shape index (κ1) is 18.9. The second kappa shape index (κ2) is 8.64. The highest BCUT2D eigenvalue weighted by Crippen LogP contribution is 2.35. The van der Waals surface area contributed by atoms with Gasteiger partial charge >= 0.3 is 11.9 Å². The van der Waals surface area contributed by atoms with Crippen LogP contribution in [-0.4, -0.2) is 25.0 Å². The molecule has 0 aromatic heterocycles. The van der Waals surface area contributed by atoms with Gasteiger partial charge in [0.2, 0.25) is 0 Å². The zero-order valence-electron chi connectivity index (χ0n) is 15.3. The van der Waals surface area contributed by atoms with Crippen molar-refractivity contribution >= 4 is 18.0 Å². The van der Waals surface area contributed by atoms with Crippen molar-refractivity contribution in [2.75, 3.05) is 13.1 Å². The Morgan fingerprint density at radius 1 is 1.00 bits per heavy atom. The highest BCUT2D eigenvalue weighted by Gasteiger charge is 2.37. The monoisotopic (exact) mass is 365 g/mol. The quantitative estimate of drug-likeness (QED) is 0.499. The molecule has 0 spiro atoms. The molecule has 27 heavy (non-hydrogen) atoms. The summed E-state index contributed by atoms with van der Waals surface area (Å²) in [5.74, 6) is -0.264. The van der Waals surface area contributed by atoms with Gasteiger partial charge in [-0.1, -0.05) is 42.5 Å². The molecule has 0 amide bonds. The van der Waals surface area contributed by atoms with E-state index in [2.05, 4.69) is 5.32 Å². The molecule has 0 atom stereocenters. The molecule has 3 rings (SSSR count). The number of carbonyl (C=O) groups excluding carboxylic acids is 2. The molecule has 1 aliphatic heterocycles. The summed E-state index contributed by atoms with van der Waals surface area (Å²) in [7, 11) is 0. The van der Waals surface area contributed by atoms with E-state index in [9.17, 15) is 9.59 Å². The van der Waals surface area contributed by atoms with Crippen molar-refractivity contribution in [3.05, 3.63) is 71.8 Å². The van der Waals surface area contributed by atoms with Gasteiger partial charge in [-0.15, -0.1) is 0 Å². The highest BCUT2D eigenvalue weighted by molar-refractivity contribution is 5.87. The van der Waals surface area contributed by atoms with E-state index in [1.165, 1.54) is 13.0 Å². The van der Waals surface area contributed by atoms with Crippen LogP contribution in [-0.2, 0) is 19.9 Å². The van der Waals surface area contributed by atoms with E-state index in [0.29, 0.717) is 5.75 Å². The molecule has 0 radical (unpaired) electrons. The van der Waals surface area contributed by atoms with Gasteiger partial charge in [-0.2, -0.15) is 0 Å². The fourth-order valence-corrected chi connectivity index (χ4v) is 3.23. The number of piperidine rings is 1. The van der Waals surface area contributed by atoms with E-state index in [0.717, 1.165) is 37.1 Å². The Balaban J connectivity index is 1.69. The number of hydrogen-bond donors (Lipinski definition) is 1. The zero-order valence-corrected chi connectivity index (χ0v) is 15.3. The number of benzene rings is 2. The Labute approximate surface area is 159 Å². The Morgan fingerprint density at radius 2 is 1.67 bits per heavy atom. The first-order valence-corrected chi connectivity index (χ1v) is 9.03. The van der Waals surface area contributed by atoms with E-state index in [1.54, 1.807) is 30.3 Å². The van der Waals surface area contributed by atoms with E-state index < -0.39 is 5.60 Å². The minimum absolute atomic E-state index is 0.366. The number of hydrogen-bond acceptors (Lipinski definition) is 5. The summed E-state index contributed by atoms with van der Waals surface area (Å²) < 4.78 is 10.9. The highest BCUT2D eigenvalue weighted by atomic mass is 16.6. The predicted molar refractivity (Wildman–Crippen MR) is 103 cm³/mol. The summed E-state index contributed by atoms with van der Waals surface area (Å²) >= 11 is 0. The standard InChI is InChI=1S/C22H23NO4/c1-17(24)26-20-10-7-18(8-11-20)9-12-21(25)27-22(13-15-23-16-14-22)19-5-3-2-4-6-19/h2-12,23H,13-16H2,1H3/b12-9+. The maximum absolute atomic E-state index is 12.5. The van der Waals surface area contributed by atoms with Gasteiger partial charge in [-0.05, 0) is 42.4 Å². The van der Waals surface area contributed by atoms with Crippen LogP contribution in [0.25, 0.3) is 6.08 Å². The first-order valence-electron chi connectivity index (χ1n) is 9.03. The molecule has 2 aromatic rings. The smallest absolute Gasteiger partial charge is 0.331 e. The fourth-order valence-electron chi connectivity index (χ4n) is 3.23. The molecule has 1 N–H and O–H groups in total. The summed E-state index contributed by atoms with van der Waals surface area (Å²) in [6.45, 7) is 2.97. The third-order valence-corrected chi connectivity index (χ3v) is 4.56. The molecule has 0 unspecified atom stereocenters. The Bertz CT molecular complexity index is 806. The average molecular weight is 365 g/mol. The minimum Gasteiger partial charge on any atom is -0.451 e. The van der Waals surface area contributed by atoms with Crippen LogP contribution in [0.3, 0.4) is 0 Å². The number of ether oxygens (including phenoxy) is 2. The molecule has 0 saturated carbocycles. The minimum atomic E-state index is -0.590. The maximum atomic E-state index is 12.5. The van der Waals surface area contributed by atoms with Gasteiger partial charge in [0.15, 0.2) is 0 Å². The molecule has 0 aliphatic carbocycles. The molecule has 1 saturated heterocycles. The lowest BCUT2D eigenvalue weighted by molar-refractivity contribution is -0.157. The third-order valence-electron chi connectivity index (χ3n) is 4.56. The first-order chi connectivity index (χ1) is 13.1. The number of rotatable bonds is 5. The Hall–Kier alpha value is -2.92.